The van der Waals surface area contributed by atoms with Crippen LogP contribution in [0.25, 0.3) is 11.0 Å². The fourth-order valence-corrected chi connectivity index (χ4v) is 3.30. The molecule has 3 heterocycles. The number of aryl methyl sites for hydroxylation is 1. The van der Waals surface area contributed by atoms with Crippen LogP contribution in [0.4, 0.5) is 17.5 Å². The van der Waals surface area contributed by atoms with Crippen molar-refractivity contribution in [3.63, 3.8) is 0 Å². The van der Waals surface area contributed by atoms with Crippen molar-refractivity contribution in [1.29, 1.82) is 0 Å². The van der Waals surface area contributed by atoms with Crippen LogP contribution in [0.2, 0.25) is 0 Å². The topological polar surface area (TPSA) is 85.2 Å². The largest absolute Gasteiger partial charge is 0.462 e. The Morgan fingerprint density at radius 3 is 2.86 bits per heavy atom. The maximum Gasteiger partial charge on any atom is 0.338 e. The monoisotopic (exact) mass is 380 g/mol. The average Bonchev–Trinajstić information content (AvgIpc) is 3.37. The molecule has 1 aliphatic heterocycles. The van der Waals surface area contributed by atoms with Gasteiger partial charge in [-0.3, -0.25) is 4.68 Å². The number of benzene rings is 1. The molecule has 4 rings (SSSR count). The molecule has 0 spiro atoms. The van der Waals surface area contributed by atoms with Gasteiger partial charge in [-0.15, -0.1) is 0 Å². The molecule has 0 atom stereocenters. The van der Waals surface area contributed by atoms with Crippen LogP contribution in [0.5, 0.6) is 0 Å². The Kier molecular flexibility index (Phi) is 5.10. The summed E-state index contributed by atoms with van der Waals surface area (Å²) in [5.41, 5.74) is 2.05. The first-order chi connectivity index (χ1) is 13.7. The molecule has 1 aromatic carbocycles. The smallest absolute Gasteiger partial charge is 0.338 e. The Bertz CT molecular complexity index is 994. The summed E-state index contributed by atoms with van der Waals surface area (Å²) in [6, 6.07) is 7.25. The molecular formula is C20H24N6O2. The highest BCUT2D eigenvalue weighted by Gasteiger charge is 2.19. The summed E-state index contributed by atoms with van der Waals surface area (Å²) in [6.45, 7) is 4.30. The standard InChI is InChI=1S/C20H24N6O2/c1-3-11-28-19(27)14-7-6-8-15(12-14)22-17-16-13-21-25(2)18(16)24-20(23-17)26-9-4-5-10-26/h6-8,12-13H,3-5,9-11H2,1-2H3,(H,22,23,24). The van der Waals surface area contributed by atoms with Crippen molar-refractivity contribution in [1.82, 2.24) is 19.7 Å². The molecule has 8 heteroatoms. The number of hydrogen-bond donors (Lipinski definition) is 1. The van der Waals surface area contributed by atoms with E-state index in [4.69, 9.17) is 14.7 Å². The van der Waals surface area contributed by atoms with E-state index in [9.17, 15) is 4.79 Å². The lowest BCUT2D eigenvalue weighted by Crippen LogP contribution is -2.21. The third-order valence-electron chi connectivity index (χ3n) is 4.77. The van der Waals surface area contributed by atoms with E-state index in [0.717, 1.165) is 49.1 Å². The molecule has 1 aliphatic rings. The van der Waals surface area contributed by atoms with E-state index in [1.54, 1.807) is 23.0 Å². The third-order valence-corrected chi connectivity index (χ3v) is 4.77. The van der Waals surface area contributed by atoms with Crippen LogP contribution >= 0.6 is 0 Å². The fourth-order valence-electron chi connectivity index (χ4n) is 3.30. The summed E-state index contributed by atoms with van der Waals surface area (Å²) in [5, 5.41) is 8.50. The maximum atomic E-state index is 12.2. The molecule has 0 radical (unpaired) electrons. The van der Waals surface area contributed by atoms with Crippen molar-refractivity contribution in [2.75, 3.05) is 29.9 Å². The van der Waals surface area contributed by atoms with Crippen LogP contribution < -0.4 is 10.2 Å². The number of ether oxygens (including phenoxy) is 1. The number of nitrogens with one attached hydrogen (secondary N) is 1. The van der Waals surface area contributed by atoms with Gasteiger partial charge >= 0.3 is 5.97 Å². The first-order valence-electron chi connectivity index (χ1n) is 9.64. The Morgan fingerprint density at radius 2 is 2.07 bits per heavy atom. The molecule has 3 aromatic rings. The van der Waals surface area contributed by atoms with Crippen LogP contribution in [0.15, 0.2) is 30.5 Å². The molecule has 0 unspecified atom stereocenters. The van der Waals surface area contributed by atoms with Crippen molar-refractivity contribution >= 4 is 34.5 Å². The van der Waals surface area contributed by atoms with E-state index in [0.29, 0.717) is 23.9 Å². The van der Waals surface area contributed by atoms with Crippen molar-refractivity contribution < 1.29 is 9.53 Å². The van der Waals surface area contributed by atoms with Crippen LogP contribution in [0.1, 0.15) is 36.5 Å². The predicted molar refractivity (Wildman–Crippen MR) is 108 cm³/mol. The van der Waals surface area contributed by atoms with Crippen LogP contribution in [-0.4, -0.2) is 45.4 Å². The highest BCUT2D eigenvalue weighted by Crippen LogP contribution is 2.27. The van der Waals surface area contributed by atoms with Gasteiger partial charge in [-0.25, -0.2) is 4.79 Å². The zero-order valence-electron chi connectivity index (χ0n) is 16.2. The Morgan fingerprint density at radius 1 is 1.25 bits per heavy atom. The summed E-state index contributed by atoms with van der Waals surface area (Å²) in [6.07, 6.45) is 4.85. The van der Waals surface area contributed by atoms with Crippen LogP contribution in [0, 0.1) is 0 Å². The normalized spacial score (nSPS) is 13.9. The van der Waals surface area contributed by atoms with E-state index in [2.05, 4.69) is 15.3 Å². The van der Waals surface area contributed by atoms with E-state index in [1.807, 2.05) is 26.1 Å². The average molecular weight is 380 g/mol. The number of carbonyl (C=O) groups excluding carboxylic acids is 1. The van der Waals surface area contributed by atoms with Gasteiger partial charge in [-0.1, -0.05) is 13.0 Å². The molecule has 1 fully saturated rings. The fraction of sp³-hybridized carbons (Fsp3) is 0.400. The Hall–Kier alpha value is -3.16. The van der Waals surface area contributed by atoms with Crippen LogP contribution in [-0.2, 0) is 11.8 Å². The molecule has 28 heavy (non-hydrogen) atoms. The third kappa shape index (κ3) is 3.62. The highest BCUT2D eigenvalue weighted by atomic mass is 16.5. The Balaban J connectivity index is 1.66. The first-order valence-corrected chi connectivity index (χ1v) is 9.64. The second kappa shape index (κ2) is 7.84. The minimum Gasteiger partial charge on any atom is -0.462 e. The number of fused-ring (bicyclic) bond motifs is 1. The lowest BCUT2D eigenvalue weighted by atomic mass is 10.2. The van der Waals surface area contributed by atoms with Gasteiger partial charge in [0.15, 0.2) is 5.65 Å². The lowest BCUT2D eigenvalue weighted by Gasteiger charge is -2.17. The first kappa shape index (κ1) is 18.2. The maximum absolute atomic E-state index is 12.2. The van der Waals surface area contributed by atoms with E-state index < -0.39 is 0 Å². The molecule has 0 aliphatic carbocycles. The van der Waals surface area contributed by atoms with E-state index in [1.165, 1.54) is 0 Å². The van der Waals surface area contributed by atoms with Gasteiger partial charge in [0.05, 0.1) is 23.8 Å². The predicted octanol–water partition coefficient (Wildman–Crippen LogP) is 3.27. The lowest BCUT2D eigenvalue weighted by molar-refractivity contribution is 0.0505. The van der Waals surface area contributed by atoms with Gasteiger partial charge in [0.1, 0.15) is 5.82 Å². The van der Waals surface area contributed by atoms with Crippen molar-refractivity contribution in [3.8, 4) is 0 Å². The molecule has 146 valence electrons. The summed E-state index contributed by atoms with van der Waals surface area (Å²) < 4.78 is 6.98. The van der Waals surface area contributed by atoms with Crippen molar-refractivity contribution in [2.45, 2.75) is 26.2 Å². The van der Waals surface area contributed by atoms with Crippen molar-refractivity contribution in [2.24, 2.45) is 7.05 Å². The second-order valence-corrected chi connectivity index (χ2v) is 6.91. The van der Waals surface area contributed by atoms with Crippen molar-refractivity contribution in [3.05, 3.63) is 36.0 Å². The number of aromatic nitrogens is 4. The Labute approximate surface area is 163 Å². The summed E-state index contributed by atoms with van der Waals surface area (Å²) in [7, 11) is 1.87. The summed E-state index contributed by atoms with van der Waals surface area (Å²) in [5.74, 6) is 1.06. The number of esters is 1. The number of rotatable bonds is 6. The van der Waals surface area contributed by atoms with Gasteiger partial charge in [-0.05, 0) is 37.5 Å². The molecule has 8 nitrogen and oxygen atoms in total. The van der Waals surface area contributed by atoms with Gasteiger partial charge < -0.3 is 15.0 Å². The number of carbonyl (C=O) groups is 1. The SMILES string of the molecule is CCCOC(=O)c1cccc(Nc2nc(N3CCCC3)nc3c2cnn3C)c1. The molecule has 1 saturated heterocycles. The quantitative estimate of drug-likeness (QED) is 0.657. The number of anilines is 3. The molecular weight excluding hydrogens is 356 g/mol. The van der Waals surface area contributed by atoms with E-state index >= 15 is 0 Å². The second-order valence-electron chi connectivity index (χ2n) is 6.91. The van der Waals surface area contributed by atoms with Gasteiger partial charge in [0.25, 0.3) is 0 Å². The number of hydrogen-bond acceptors (Lipinski definition) is 7. The van der Waals surface area contributed by atoms with Gasteiger partial charge in [0.2, 0.25) is 5.95 Å². The summed E-state index contributed by atoms with van der Waals surface area (Å²) >= 11 is 0. The molecule has 2 aromatic heterocycles. The van der Waals surface area contributed by atoms with Gasteiger partial charge in [0, 0.05) is 25.8 Å². The molecule has 0 amide bonds. The molecule has 0 saturated carbocycles. The zero-order valence-corrected chi connectivity index (χ0v) is 16.2. The minimum absolute atomic E-state index is 0.322. The van der Waals surface area contributed by atoms with Crippen LogP contribution in [0.3, 0.4) is 0 Å². The van der Waals surface area contributed by atoms with E-state index in [-0.39, 0.29) is 5.97 Å². The summed E-state index contributed by atoms with van der Waals surface area (Å²) in [4.78, 5) is 23.8. The van der Waals surface area contributed by atoms with Gasteiger partial charge in [-0.2, -0.15) is 15.1 Å². The zero-order chi connectivity index (χ0) is 19.5. The molecule has 1 N–H and O–H groups in total. The highest BCUT2D eigenvalue weighted by molar-refractivity contribution is 5.92. The minimum atomic E-state index is -0.322. The molecule has 0 bridgehead atoms. The number of nitrogens with zero attached hydrogens (tertiary/aromatic N) is 5.